The molecule has 0 atom stereocenters. The molecule has 0 heterocycles. The van der Waals surface area contributed by atoms with Gasteiger partial charge in [-0.25, -0.2) is 0 Å². The predicted octanol–water partition coefficient (Wildman–Crippen LogP) is 17.1. The molecule has 0 saturated carbocycles. The topological polar surface area (TPSA) is 0 Å². The highest BCUT2D eigenvalue weighted by atomic mass is 14.3. The molecule has 15 rings (SSSR count). The highest BCUT2D eigenvalue weighted by Gasteiger charge is 2.25. The molecule has 13 aromatic carbocycles. The quantitative estimate of drug-likeness (QED) is 0.122. The van der Waals surface area contributed by atoms with E-state index in [4.69, 9.17) is 0 Å². The monoisotopic (exact) mass is 832 g/mol. The Morgan fingerprint density at radius 2 is 0.470 bits per heavy atom. The molecule has 13 aromatic rings. The van der Waals surface area contributed by atoms with E-state index in [0.29, 0.717) is 0 Å². The second-order valence-electron chi connectivity index (χ2n) is 18.7. The van der Waals surface area contributed by atoms with Crippen LogP contribution >= 0.6 is 0 Å². The van der Waals surface area contributed by atoms with Crippen LogP contribution in [0, 0.1) is 55.6 Å². The third-order valence-corrected chi connectivity index (χ3v) is 15.2. The minimum atomic E-state index is 1.25. The third kappa shape index (κ3) is 4.63. The van der Waals surface area contributed by atoms with Crippen molar-refractivity contribution < 1.29 is 0 Å². The maximum absolute atomic E-state index is 2.46. The molecule has 0 aliphatic heterocycles. The SMILES string of the molecule is Cc1ccc2c(-c3ccccc3)c3c(c(-c4ccccc4)c2c1)=c1ccc2c4ccc5c6c(ccc(c7ccc=3c1c72)c64)=c1c(-c2ccccc2)c2cc(C)ccc2c(-c2ccccc2)c1=5. The first-order chi connectivity index (χ1) is 32.6. The van der Waals surface area contributed by atoms with Crippen LogP contribution < -0.4 is 0 Å². The largest absolute Gasteiger partial charge is 0.0622 e. The van der Waals surface area contributed by atoms with E-state index in [1.54, 1.807) is 0 Å². The Balaban J connectivity index is 1.18. The Hall–Kier alpha value is -8.32. The molecule has 0 amide bonds. The Kier molecular flexibility index (Phi) is 7.18. The summed E-state index contributed by atoms with van der Waals surface area (Å²) >= 11 is 0. The number of hydrogen-bond donors (Lipinski definition) is 0. The Labute approximate surface area is 380 Å². The zero-order valence-corrected chi connectivity index (χ0v) is 36.6. The molecular formula is C66H40. The van der Waals surface area contributed by atoms with Gasteiger partial charge >= 0.3 is 0 Å². The zero-order chi connectivity index (χ0) is 43.4. The average Bonchev–Trinajstić information content (AvgIpc) is 3.88. The highest BCUT2D eigenvalue weighted by Crippen LogP contribution is 2.49. The van der Waals surface area contributed by atoms with Crippen molar-refractivity contribution in [1.82, 2.24) is 0 Å². The number of benzene rings is 13. The molecule has 2 aliphatic carbocycles. The second kappa shape index (κ2) is 13.1. The van der Waals surface area contributed by atoms with Crippen LogP contribution in [0.2, 0.25) is 0 Å². The normalized spacial score (nSPS) is 12.4. The number of rotatable bonds is 4. The van der Waals surface area contributed by atoms with Gasteiger partial charge in [0.1, 0.15) is 0 Å². The van der Waals surface area contributed by atoms with E-state index < -0.39 is 0 Å². The summed E-state index contributed by atoms with van der Waals surface area (Å²) in [6.07, 6.45) is 0. The minimum absolute atomic E-state index is 1.25. The Bertz CT molecular complexity index is 4390. The van der Waals surface area contributed by atoms with Gasteiger partial charge in [-0.3, -0.25) is 0 Å². The molecule has 0 radical (unpaired) electrons. The minimum Gasteiger partial charge on any atom is -0.0622 e. The maximum Gasteiger partial charge on any atom is -0.000740 e. The summed E-state index contributed by atoms with van der Waals surface area (Å²) in [5.74, 6) is 0. The molecule has 0 spiro atoms. The summed E-state index contributed by atoms with van der Waals surface area (Å²) in [4.78, 5) is 0. The predicted molar refractivity (Wildman–Crippen MR) is 277 cm³/mol. The van der Waals surface area contributed by atoms with Crippen molar-refractivity contribution in [3.63, 3.8) is 0 Å². The van der Waals surface area contributed by atoms with Crippen LogP contribution in [0.25, 0.3) is 109 Å². The average molecular weight is 833 g/mol. The van der Waals surface area contributed by atoms with E-state index >= 15 is 0 Å². The van der Waals surface area contributed by atoms with E-state index in [1.165, 1.54) is 162 Å². The Morgan fingerprint density at radius 3 is 0.758 bits per heavy atom. The lowest BCUT2D eigenvalue weighted by Crippen LogP contribution is -1.93. The van der Waals surface area contributed by atoms with E-state index in [-0.39, 0.29) is 0 Å². The standard InChI is InChI=1S/C66H40/c1-37-23-25-47-53(35-37)57(41-19-11-5-12-20-41)65-51-33-29-45-44-28-32-50-62-52(34-30-46(60(44)62)43-27-31-49(61(51)59(43)45)63(65)55(47)39-15-7-3-8-16-39)66-58(42-21-13-6-14-22-42)54-36-38(2)24-26-48(54)56(64(50)66)40-17-9-4-10-18-40/h3-36H,1-2H3. The molecule has 0 saturated heterocycles. The second-order valence-corrected chi connectivity index (χ2v) is 18.7. The van der Waals surface area contributed by atoms with Gasteiger partial charge in [0.25, 0.3) is 0 Å². The number of aryl methyl sites for hydroxylation is 2. The molecule has 0 heteroatoms. The van der Waals surface area contributed by atoms with Crippen molar-refractivity contribution >= 4 is 64.6 Å². The first kappa shape index (κ1) is 36.1. The molecule has 0 fully saturated rings. The first-order valence-corrected chi connectivity index (χ1v) is 23.3. The van der Waals surface area contributed by atoms with E-state index in [1.807, 2.05) is 0 Å². The summed E-state index contributed by atoms with van der Waals surface area (Å²) in [6.45, 7) is 4.45. The van der Waals surface area contributed by atoms with Crippen LogP contribution in [0.1, 0.15) is 11.1 Å². The molecule has 0 nitrogen and oxygen atoms in total. The van der Waals surface area contributed by atoms with Gasteiger partial charge in [-0.2, -0.15) is 0 Å². The van der Waals surface area contributed by atoms with Gasteiger partial charge in [0, 0.05) is 0 Å². The summed E-state index contributed by atoms with van der Waals surface area (Å²) in [6, 6.07) is 78.1. The van der Waals surface area contributed by atoms with Crippen molar-refractivity contribution in [3.8, 4) is 44.5 Å². The highest BCUT2D eigenvalue weighted by molar-refractivity contribution is 6.33. The summed E-state index contributed by atoms with van der Waals surface area (Å²) in [7, 11) is 0. The van der Waals surface area contributed by atoms with E-state index in [0.717, 1.165) is 0 Å². The molecule has 0 aromatic heterocycles. The van der Waals surface area contributed by atoms with Gasteiger partial charge in [0.2, 0.25) is 0 Å². The lowest BCUT2D eigenvalue weighted by molar-refractivity contribution is 1.46. The van der Waals surface area contributed by atoms with Crippen LogP contribution in [-0.2, 0) is 0 Å². The van der Waals surface area contributed by atoms with Crippen LogP contribution in [-0.4, -0.2) is 0 Å². The molecule has 0 N–H and O–H groups in total. The third-order valence-electron chi connectivity index (χ3n) is 15.2. The maximum atomic E-state index is 2.46. The molecule has 0 unspecified atom stereocenters. The molecule has 304 valence electrons. The summed E-state index contributed by atoms with van der Waals surface area (Å²) in [5.41, 5.74) is 12.8. The van der Waals surface area contributed by atoms with E-state index in [2.05, 4.69) is 220 Å². The molecule has 0 bridgehead atoms. The van der Waals surface area contributed by atoms with Crippen molar-refractivity contribution in [3.05, 3.63) is 259 Å². The molecule has 66 heavy (non-hydrogen) atoms. The number of fused-ring (bicyclic) bond motifs is 6. The molecule has 2 aliphatic rings. The first-order valence-electron chi connectivity index (χ1n) is 23.3. The van der Waals surface area contributed by atoms with Gasteiger partial charge in [0.15, 0.2) is 0 Å². The Morgan fingerprint density at radius 1 is 0.212 bits per heavy atom. The van der Waals surface area contributed by atoms with Crippen LogP contribution in [0.4, 0.5) is 0 Å². The smallest absolute Gasteiger partial charge is 0.000740 e. The van der Waals surface area contributed by atoms with E-state index in [9.17, 15) is 0 Å². The summed E-state index contributed by atoms with van der Waals surface area (Å²) < 4.78 is 0. The van der Waals surface area contributed by atoms with Gasteiger partial charge < -0.3 is 0 Å². The van der Waals surface area contributed by atoms with Gasteiger partial charge in [-0.05, 0) is 165 Å². The lowest BCUT2D eigenvalue weighted by atomic mass is 9.87. The zero-order valence-electron chi connectivity index (χ0n) is 36.6. The van der Waals surface area contributed by atoms with Gasteiger partial charge in [-0.15, -0.1) is 0 Å². The van der Waals surface area contributed by atoms with Gasteiger partial charge in [0.05, 0.1) is 0 Å². The lowest BCUT2D eigenvalue weighted by Gasteiger charge is -2.15. The fourth-order valence-electron chi connectivity index (χ4n) is 12.6. The van der Waals surface area contributed by atoms with Crippen molar-refractivity contribution in [2.75, 3.05) is 0 Å². The molecular weight excluding hydrogens is 793 g/mol. The van der Waals surface area contributed by atoms with Crippen LogP contribution in [0.5, 0.6) is 0 Å². The van der Waals surface area contributed by atoms with Crippen molar-refractivity contribution in [1.29, 1.82) is 0 Å². The van der Waals surface area contributed by atoms with Gasteiger partial charge in [-0.1, -0.05) is 217 Å². The summed E-state index contributed by atoms with van der Waals surface area (Å²) in [5, 5.41) is 26.6. The van der Waals surface area contributed by atoms with Crippen molar-refractivity contribution in [2.45, 2.75) is 13.8 Å². The van der Waals surface area contributed by atoms with Crippen LogP contribution in [0.3, 0.4) is 0 Å². The fourth-order valence-corrected chi connectivity index (χ4v) is 12.6. The number of hydrogen-bond acceptors (Lipinski definition) is 0. The van der Waals surface area contributed by atoms with Crippen LogP contribution in [0.15, 0.2) is 206 Å². The fraction of sp³-hybridized carbons (Fsp3) is 0.0303. The van der Waals surface area contributed by atoms with Crippen molar-refractivity contribution in [2.24, 2.45) is 0 Å².